The topological polar surface area (TPSA) is 80.3 Å². The molecule has 8 nitrogen and oxygen atoms in total. The number of thiophene rings is 1. The van der Waals surface area contributed by atoms with E-state index in [1.54, 1.807) is 44.0 Å². The Morgan fingerprint density at radius 1 is 1.09 bits per heavy atom. The SMILES string of the molecule is C#CCn1c(=O)c2c(nc(C#Cc3ccc(OC)c(OC)c3)n2C)n(Cc2cccs2)c1=O. The summed E-state index contributed by atoms with van der Waals surface area (Å²) in [6.07, 6.45) is 5.41. The van der Waals surface area contributed by atoms with Gasteiger partial charge in [0.2, 0.25) is 0 Å². The summed E-state index contributed by atoms with van der Waals surface area (Å²) < 4.78 is 14.7. The number of aryl methyl sites for hydroxylation is 1. The third kappa shape index (κ3) is 4.02. The zero-order valence-corrected chi connectivity index (χ0v) is 19.1. The van der Waals surface area contributed by atoms with E-state index in [4.69, 9.17) is 15.9 Å². The van der Waals surface area contributed by atoms with Gasteiger partial charge in [-0.3, -0.25) is 9.36 Å². The smallest absolute Gasteiger partial charge is 0.333 e. The summed E-state index contributed by atoms with van der Waals surface area (Å²) in [6, 6.07) is 9.12. The molecule has 0 aliphatic heterocycles. The van der Waals surface area contributed by atoms with Gasteiger partial charge in [0.25, 0.3) is 5.56 Å². The molecular formula is C24H20N4O4S. The molecule has 0 atom stereocenters. The van der Waals surface area contributed by atoms with E-state index in [9.17, 15) is 9.59 Å². The van der Waals surface area contributed by atoms with Gasteiger partial charge in [-0.25, -0.2) is 14.3 Å². The number of hydrogen-bond acceptors (Lipinski definition) is 6. The van der Waals surface area contributed by atoms with Crippen LogP contribution in [-0.4, -0.2) is 32.9 Å². The fourth-order valence-corrected chi connectivity index (χ4v) is 4.14. The molecule has 0 spiro atoms. The lowest BCUT2D eigenvalue weighted by molar-refractivity contribution is 0.355. The first-order chi connectivity index (χ1) is 16.0. The molecular weight excluding hydrogens is 440 g/mol. The second kappa shape index (κ2) is 9.11. The van der Waals surface area contributed by atoms with Gasteiger partial charge in [0.15, 0.2) is 28.5 Å². The van der Waals surface area contributed by atoms with Gasteiger partial charge in [0.05, 0.1) is 27.3 Å². The average molecular weight is 461 g/mol. The van der Waals surface area contributed by atoms with Crippen LogP contribution in [-0.2, 0) is 20.1 Å². The molecule has 0 saturated heterocycles. The molecule has 0 fully saturated rings. The van der Waals surface area contributed by atoms with Gasteiger partial charge in [0.1, 0.15) is 0 Å². The molecule has 166 valence electrons. The van der Waals surface area contributed by atoms with Crippen LogP contribution in [0.5, 0.6) is 11.5 Å². The molecule has 0 aliphatic carbocycles. The maximum absolute atomic E-state index is 13.1. The summed E-state index contributed by atoms with van der Waals surface area (Å²) >= 11 is 1.51. The van der Waals surface area contributed by atoms with Crippen LogP contribution in [0, 0.1) is 24.2 Å². The molecule has 1 aromatic carbocycles. The summed E-state index contributed by atoms with van der Waals surface area (Å²) in [4.78, 5) is 31.6. The Kier molecular flexibility index (Phi) is 6.07. The quantitative estimate of drug-likeness (QED) is 0.426. The number of terminal acetylenes is 1. The summed E-state index contributed by atoms with van der Waals surface area (Å²) in [5, 5.41) is 1.92. The predicted molar refractivity (Wildman–Crippen MR) is 127 cm³/mol. The molecule has 0 radical (unpaired) electrons. The van der Waals surface area contributed by atoms with E-state index >= 15 is 0 Å². The standard InChI is InChI=1S/C24H20N4O4S/c1-5-12-27-23(29)21-22(28(24(27)30)15-17-7-6-13-33-17)25-20(26(21)2)11-9-16-8-10-18(31-3)19(14-16)32-4/h1,6-8,10,13-14H,12,15H2,2-4H3. The van der Waals surface area contributed by atoms with Crippen molar-refractivity contribution in [1.82, 2.24) is 18.7 Å². The van der Waals surface area contributed by atoms with Crippen LogP contribution in [0.25, 0.3) is 11.2 Å². The minimum Gasteiger partial charge on any atom is -0.493 e. The fraction of sp³-hybridized carbons (Fsp3) is 0.208. The zero-order valence-electron chi connectivity index (χ0n) is 18.3. The first kappa shape index (κ1) is 22.0. The molecule has 0 unspecified atom stereocenters. The highest BCUT2D eigenvalue weighted by Crippen LogP contribution is 2.27. The molecule has 0 amide bonds. The summed E-state index contributed by atoms with van der Waals surface area (Å²) in [7, 11) is 4.80. The number of aromatic nitrogens is 4. The van der Waals surface area contributed by atoms with Crippen LogP contribution in [0.1, 0.15) is 16.3 Å². The number of methoxy groups -OCH3 is 2. The lowest BCUT2D eigenvalue weighted by atomic mass is 10.2. The zero-order chi connectivity index (χ0) is 23.5. The second-order valence-corrected chi connectivity index (χ2v) is 8.06. The van der Waals surface area contributed by atoms with E-state index in [0.29, 0.717) is 22.9 Å². The highest BCUT2D eigenvalue weighted by molar-refractivity contribution is 7.09. The van der Waals surface area contributed by atoms with Crippen molar-refractivity contribution in [2.24, 2.45) is 7.05 Å². The van der Waals surface area contributed by atoms with Crippen molar-refractivity contribution in [1.29, 1.82) is 0 Å². The first-order valence-electron chi connectivity index (χ1n) is 9.88. The molecule has 4 aromatic rings. The van der Waals surface area contributed by atoms with Gasteiger partial charge in [-0.05, 0) is 35.6 Å². The van der Waals surface area contributed by atoms with Crippen molar-refractivity contribution < 1.29 is 9.47 Å². The number of hydrogen-bond donors (Lipinski definition) is 0. The van der Waals surface area contributed by atoms with Crippen molar-refractivity contribution in [2.45, 2.75) is 13.1 Å². The highest BCUT2D eigenvalue weighted by Gasteiger charge is 2.19. The van der Waals surface area contributed by atoms with Gasteiger partial charge in [0, 0.05) is 17.5 Å². The minimum atomic E-state index is -0.503. The maximum Gasteiger partial charge on any atom is 0.333 e. The summed E-state index contributed by atoms with van der Waals surface area (Å²) in [6.45, 7) is 0.146. The number of rotatable bonds is 5. The Balaban J connectivity index is 1.89. The maximum atomic E-state index is 13.1. The number of nitrogens with zero attached hydrogens (tertiary/aromatic N) is 4. The monoisotopic (exact) mass is 460 g/mol. The lowest BCUT2D eigenvalue weighted by Gasteiger charge is -2.09. The Labute approximate surface area is 193 Å². The molecule has 0 N–H and O–H groups in total. The van der Waals surface area contributed by atoms with Gasteiger partial charge in [-0.2, -0.15) is 0 Å². The number of ether oxygens (including phenoxy) is 2. The number of benzene rings is 1. The van der Waals surface area contributed by atoms with Crippen molar-refractivity contribution in [3.05, 3.63) is 72.8 Å². The van der Waals surface area contributed by atoms with E-state index < -0.39 is 11.2 Å². The van der Waals surface area contributed by atoms with Gasteiger partial charge >= 0.3 is 5.69 Å². The van der Waals surface area contributed by atoms with Crippen molar-refractivity contribution in [3.8, 4) is 35.7 Å². The second-order valence-electron chi connectivity index (χ2n) is 7.03. The van der Waals surface area contributed by atoms with Crippen LogP contribution in [0.2, 0.25) is 0 Å². The lowest BCUT2D eigenvalue weighted by Crippen LogP contribution is -2.40. The normalized spacial score (nSPS) is 10.5. The molecule has 0 saturated carbocycles. The largest absolute Gasteiger partial charge is 0.493 e. The van der Waals surface area contributed by atoms with E-state index in [1.165, 1.54) is 15.9 Å². The van der Waals surface area contributed by atoms with Crippen LogP contribution in [0.4, 0.5) is 0 Å². The predicted octanol–water partition coefficient (Wildman–Crippen LogP) is 2.06. The molecule has 4 rings (SSSR count). The first-order valence-corrected chi connectivity index (χ1v) is 10.8. The molecule has 3 heterocycles. The third-order valence-corrected chi connectivity index (χ3v) is 5.95. The minimum absolute atomic E-state index is 0.129. The molecule has 0 bridgehead atoms. The third-order valence-electron chi connectivity index (χ3n) is 5.09. The highest BCUT2D eigenvalue weighted by atomic mass is 32.1. The van der Waals surface area contributed by atoms with E-state index in [0.717, 1.165) is 9.44 Å². The Morgan fingerprint density at radius 3 is 2.55 bits per heavy atom. The fourth-order valence-electron chi connectivity index (χ4n) is 3.45. The van der Waals surface area contributed by atoms with Crippen molar-refractivity contribution >= 4 is 22.5 Å². The van der Waals surface area contributed by atoms with Gasteiger partial charge in [-0.15, -0.1) is 17.8 Å². The van der Waals surface area contributed by atoms with Gasteiger partial charge in [-0.1, -0.05) is 17.9 Å². The van der Waals surface area contributed by atoms with Gasteiger partial charge < -0.3 is 14.0 Å². The number of imidazole rings is 1. The molecule has 33 heavy (non-hydrogen) atoms. The number of fused-ring (bicyclic) bond motifs is 1. The molecule has 0 aliphatic rings. The summed E-state index contributed by atoms with van der Waals surface area (Å²) in [5.41, 5.74) is 0.213. The van der Waals surface area contributed by atoms with E-state index in [-0.39, 0.29) is 24.3 Å². The average Bonchev–Trinajstić information content (AvgIpc) is 3.45. The Hall–Kier alpha value is -4.21. The van der Waals surface area contributed by atoms with Crippen molar-refractivity contribution in [3.63, 3.8) is 0 Å². The Morgan fingerprint density at radius 2 is 1.88 bits per heavy atom. The van der Waals surface area contributed by atoms with Crippen molar-refractivity contribution in [2.75, 3.05) is 14.2 Å². The van der Waals surface area contributed by atoms with Crippen LogP contribution in [0.15, 0.2) is 45.3 Å². The summed E-state index contributed by atoms with van der Waals surface area (Å²) in [5.74, 6) is 9.90. The van der Waals surface area contributed by atoms with Crippen LogP contribution >= 0.6 is 11.3 Å². The van der Waals surface area contributed by atoms with E-state index in [2.05, 4.69) is 22.7 Å². The Bertz CT molecular complexity index is 1560. The van der Waals surface area contributed by atoms with Crippen LogP contribution < -0.4 is 20.7 Å². The van der Waals surface area contributed by atoms with E-state index in [1.807, 2.05) is 17.5 Å². The molecule has 9 heteroatoms. The van der Waals surface area contributed by atoms with Crippen LogP contribution in [0.3, 0.4) is 0 Å². The molecule has 3 aromatic heterocycles.